The minimum Gasteiger partial charge on any atom is -0.322 e. The summed E-state index contributed by atoms with van der Waals surface area (Å²) in [5, 5.41) is 6.67. The maximum absolute atomic E-state index is 13.4. The lowest BCUT2D eigenvalue weighted by Crippen LogP contribution is -2.27. The van der Waals surface area contributed by atoms with Crippen LogP contribution in [0, 0.1) is 11.3 Å². The lowest BCUT2D eigenvalue weighted by atomic mass is 9.72. The summed E-state index contributed by atoms with van der Waals surface area (Å²) < 4.78 is 0.951. The minimum absolute atomic E-state index is 0.178. The number of carbonyl (C=O) groups excluding carboxylic acids is 2. The smallest absolute Gasteiger partial charge is 0.258 e. The summed E-state index contributed by atoms with van der Waals surface area (Å²) in [6.45, 7) is 6.82. The van der Waals surface area contributed by atoms with Gasteiger partial charge in [0, 0.05) is 20.6 Å². The molecule has 0 spiro atoms. The van der Waals surface area contributed by atoms with Crippen molar-refractivity contribution in [2.45, 2.75) is 40.0 Å². The second-order valence-electron chi connectivity index (χ2n) is 9.29. The quantitative estimate of drug-likeness (QED) is 0.390. The highest BCUT2D eigenvalue weighted by atomic mass is 79.9. The number of benzene rings is 2. The Morgan fingerprint density at radius 1 is 0.969 bits per heavy atom. The molecular formula is C26H27BrN2O2S. The van der Waals surface area contributed by atoms with Crippen LogP contribution in [0.1, 0.15) is 58.3 Å². The highest BCUT2D eigenvalue weighted by Gasteiger charge is 2.34. The van der Waals surface area contributed by atoms with Crippen LogP contribution < -0.4 is 10.6 Å². The molecule has 1 aliphatic carbocycles. The predicted molar refractivity (Wildman–Crippen MR) is 136 cm³/mol. The number of anilines is 2. The zero-order valence-corrected chi connectivity index (χ0v) is 20.9. The Morgan fingerprint density at radius 2 is 1.66 bits per heavy atom. The fraction of sp³-hybridized carbons (Fsp3) is 0.308. The van der Waals surface area contributed by atoms with Crippen LogP contribution in [0.5, 0.6) is 0 Å². The molecule has 0 saturated carbocycles. The third-order valence-corrected chi connectivity index (χ3v) is 7.78. The van der Waals surface area contributed by atoms with Gasteiger partial charge in [0.05, 0.1) is 5.56 Å². The average molecular weight is 511 g/mol. The van der Waals surface area contributed by atoms with Crippen LogP contribution in [-0.2, 0) is 12.8 Å². The molecule has 32 heavy (non-hydrogen) atoms. The van der Waals surface area contributed by atoms with Gasteiger partial charge in [-0.3, -0.25) is 9.59 Å². The van der Waals surface area contributed by atoms with E-state index < -0.39 is 0 Å². The van der Waals surface area contributed by atoms with Gasteiger partial charge in [-0.05, 0) is 72.6 Å². The molecule has 1 aromatic heterocycles. The van der Waals surface area contributed by atoms with E-state index in [0.717, 1.165) is 35.0 Å². The zero-order chi connectivity index (χ0) is 22.9. The van der Waals surface area contributed by atoms with E-state index in [1.807, 2.05) is 42.5 Å². The van der Waals surface area contributed by atoms with Gasteiger partial charge in [0.1, 0.15) is 5.00 Å². The molecule has 2 aromatic carbocycles. The number of carbonyl (C=O) groups is 2. The molecule has 0 bridgehead atoms. The molecule has 0 aliphatic heterocycles. The third-order valence-electron chi connectivity index (χ3n) is 6.08. The molecule has 4 nitrogen and oxygen atoms in total. The van der Waals surface area contributed by atoms with Gasteiger partial charge in [-0.25, -0.2) is 0 Å². The molecule has 1 atom stereocenters. The van der Waals surface area contributed by atoms with E-state index in [1.165, 1.54) is 4.88 Å². The van der Waals surface area contributed by atoms with Gasteiger partial charge in [0.2, 0.25) is 0 Å². The lowest BCUT2D eigenvalue weighted by molar-refractivity contribution is 0.102. The SMILES string of the molecule is CC(C)(C)C1CCc2c(sc(NC(=O)c3ccccc3)c2C(=O)Nc2ccc(Br)cc2)C1. The van der Waals surface area contributed by atoms with Crippen LogP contribution >= 0.6 is 27.3 Å². The highest BCUT2D eigenvalue weighted by Crippen LogP contribution is 2.44. The number of amides is 2. The Kier molecular flexibility index (Phi) is 6.54. The van der Waals surface area contributed by atoms with Crippen molar-refractivity contribution in [1.29, 1.82) is 0 Å². The van der Waals surface area contributed by atoms with E-state index in [-0.39, 0.29) is 17.2 Å². The molecule has 2 N–H and O–H groups in total. The summed E-state index contributed by atoms with van der Waals surface area (Å²) >= 11 is 4.97. The standard InChI is InChI=1S/C26H27BrN2O2S/c1-26(2,3)17-9-14-20-21(15-17)32-25(29-23(30)16-7-5-4-6-8-16)22(20)24(31)28-19-12-10-18(27)11-13-19/h4-8,10-13,17H,9,14-15H2,1-3H3,(H,28,31)(H,29,30). The Hall–Kier alpha value is -2.44. The van der Waals surface area contributed by atoms with Crippen molar-refractivity contribution in [3.8, 4) is 0 Å². The molecule has 6 heteroatoms. The first kappa shape index (κ1) is 22.7. The fourth-order valence-corrected chi connectivity index (χ4v) is 5.73. The Morgan fingerprint density at radius 3 is 2.31 bits per heavy atom. The lowest BCUT2D eigenvalue weighted by Gasteiger charge is -2.33. The van der Waals surface area contributed by atoms with Crippen LogP contribution in [0.25, 0.3) is 0 Å². The van der Waals surface area contributed by atoms with E-state index in [0.29, 0.717) is 22.0 Å². The molecule has 1 heterocycles. The number of nitrogens with one attached hydrogen (secondary N) is 2. The van der Waals surface area contributed by atoms with Gasteiger partial charge in [-0.2, -0.15) is 0 Å². The summed E-state index contributed by atoms with van der Waals surface area (Å²) in [4.78, 5) is 27.5. The van der Waals surface area contributed by atoms with E-state index >= 15 is 0 Å². The van der Waals surface area contributed by atoms with Crippen LogP contribution in [0.15, 0.2) is 59.1 Å². The van der Waals surface area contributed by atoms with Crippen molar-refractivity contribution in [2.24, 2.45) is 11.3 Å². The molecule has 0 fully saturated rings. The van der Waals surface area contributed by atoms with Gasteiger partial charge >= 0.3 is 0 Å². The highest BCUT2D eigenvalue weighted by molar-refractivity contribution is 9.10. The minimum atomic E-state index is -0.200. The molecule has 2 amide bonds. The largest absolute Gasteiger partial charge is 0.322 e. The van der Waals surface area contributed by atoms with Gasteiger partial charge < -0.3 is 10.6 Å². The first-order chi connectivity index (χ1) is 15.2. The predicted octanol–water partition coefficient (Wildman–Crippen LogP) is 7.17. The van der Waals surface area contributed by atoms with Crippen LogP contribution in [0.3, 0.4) is 0 Å². The summed E-state index contributed by atoms with van der Waals surface area (Å²) in [7, 11) is 0. The zero-order valence-electron chi connectivity index (χ0n) is 18.5. The van der Waals surface area contributed by atoms with Gasteiger partial charge in [-0.15, -0.1) is 11.3 Å². The summed E-state index contributed by atoms with van der Waals surface area (Å²) in [5.74, 6) is 0.172. The van der Waals surface area contributed by atoms with Crippen molar-refractivity contribution < 1.29 is 9.59 Å². The second-order valence-corrected chi connectivity index (χ2v) is 11.3. The Labute approximate surface area is 201 Å². The number of rotatable bonds is 4. The Balaban J connectivity index is 1.68. The van der Waals surface area contributed by atoms with Crippen molar-refractivity contribution in [2.75, 3.05) is 10.6 Å². The Bertz CT molecular complexity index is 1130. The molecule has 4 rings (SSSR count). The van der Waals surface area contributed by atoms with E-state index in [4.69, 9.17) is 0 Å². The molecule has 0 radical (unpaired) electrons. The van der Waals surface area contributed by atoms with Gasteiger partial charge in [0.25, 0.3) is 11.8 Å². The monoisotopic (exact) mass is 510 g/mol. The summed E-state index contributed by atoms with van der Waals surface area (Å²) in [5.41, 5.74) is 3.18. The van der Waals surface area contributed by atoms with Crippen LogP contribution in [0.2, 0.25) is 0 Å². The molecule has 1 unspecified atom stereocenters. The van der Waals surface area contributed by atoms with E-state index in [2.05, 4.69) is 47.3 Å². The summed E-state index contributed by atoms with van der Waals surface area (Å²) in [6, 6.07) is 16.6. The topological polar surface area (TPSA) is 58.2 Å². The second kappa shape index (κ2) is 9.20. The molecule has 3 aromatic rings. The normalized spacial score (nSPS) is 15.7. The third kappa shape index (κ3) is 4.97. The number of thiophene rings is 1. The maximum Gasteiger partial charge on any atom is 0.258 e. The average Bonchev–Trinajstić information content (AvgIpc) is 3.12. The number of halogens is 1. The number of fused-ring (bicyclic) bond motifs is 1. The first-order valence-electron chi connectivity index (χ1n) is 10.8. The van der Waals surface area contributed by atoms with Crippen molar-refractivity contribution in [3.05, 3.63) is 80.6 Å². The van der Waals surface area contributed by atoms with Gasteiger partial charge in [0.15, 0.2) is 0 Å². The maximum atomic E-state index is 13.4. The van der Waals surface area contributed by atoms with Crippen molar-refractivity contribution >= 4 is 49.8 Å². The van der Waals surface area contributed by atoms with Gasteiger partial charge in [-0.1, -0.05) is 54.9 Å². The van der Waals surface area contributed by atoms with Crippen LogP contribution in [-0.4, -0.2) is 11.8 Å². The fourth-order valence-electron chi connectivity index (χ4n) is 4.15. The number of hydrogen-bond acceptors (Lipinski definition) is 3. The first-order valence-corrected chi connectivity index (χ1v) is 12.4. The van der Waals surface area contributed by atoms with E-state index in [1.54, 1.807) is 23.5 Å². The molecular weight excluding hydrogens is 484 g/mol. The molecule has 1 aliphatic rings. The molecule has 166 valence electrons. The number of hydrogen-bond donors (Lipinski definition) is 2. The van der Waals surface area contributed by atoms with Crippen LogP contribution in [0.4, 0.5) is 10.7 Å². The summed E-state index contributed by atoms with van der Waals surface area (Å²) in [6.07, 6.45) is 2.82. The van der Waals surface area contributed by atoms with E-state index in [9.17, 15) is 9.59 Å². The van der Waals surface area contributed by atoms with Crippen molar-refractivity contribution in [3.63, 3.8) is 0 Å². The van der Waals surface area contributed by atoms with Crippen molar-refractivity contribution in [1.82, 2.24) is 0 Å². The molecule has 0 saturated heterocycles.